The zero-order valence-electron chi connectivity index (χ0n) is 6.76. The van der Waals surface area contributed by atoms with Crippen LogP contribution in [0.15, 0.2) is 18.3 Å². The fourth-order valence-corrected chi connectivity index (χ4v) is 1.68. The van der Waals surface area contributed by atoms with Crippen LogP contribution >= 0.6 is 11.6 Å². The highest BCUT2D eigenvalue weighted by atomic mass is 35.5. The summed E-state index contributed by atoms with van der Waals surface area (Å²) in [5.74, 6) is 0.634. The Morgan fingerprint density at radius 2 is 2.42 bits per heavy atom. The Kier molecular flexibility index (Phi) is 2.28. The first-order valence-corrected chi connectivity index (χ1v) is 4.56. The number of nitrogens with one attached hydrogen (secondary N) is 1. The summed E-state index contributed by atoms with van der Waals surface area (Å²) in [4.78, 5) is 4.06. The second-order valence-electron chi connectivity index (χ2n) is 3.10. The quantitative estimate of drug-likeness (QED) is 0.671. The standard InChI is InChI=1S/C9H11ClN2/c10-9-2-1-7(6-12-9)8-3-4-11-5-8/h1-2,6,8,11H,3-5H2/t8-/m0/s1. The molecule has 0 saturated carbocycles. The van der Waals surface area contributed by atoms with Gasteiger partial charge < -0.3 is 5.32 Å². The molecule has 3 heteroatoms. The fourth-order valence-electron chi connectivity index (χ4n) is 1.57. The molecule has 1 fully saturated rings. The number of rotatable bonds is 1. The predicted molar refractivity (Wildman–Crippen MR) is 49.5 cm³/mol. The highest BCUT2D eigenvalue weighted by Gasteiger charge is 2.16. The van der Waals surface area contributed by atoms with Crippen LogP contribution in [-0.4, -0.2) is 18.1 Å². The number of halogens is 1. The molecule has 2 rings (SSSR count). The number of pyridine rings is 1. The molecule has 1 aliphatic rings. The lowest BCUT2D eigenvalue weighted by molar-refractivity contribution is 0.759. The van der Waals surface area contributed by atoms with Gasteiger partial charge in [0, 0.05) is 12.7 Å². The maximum Gasteiger partial charge on any atom is 0.129 e. The van der Waals surface area contributed by atoms with Gasteiger partial charge in [0.05, 0.1) is 0 Å². The lowest BCUT2D eigenvalue weighted by Gasteiger charge is -2.06. The van der Waals surface area contributed by atoms with Crippen molar-refractivity contribution in [2.24, 2.45) is 0 Å². The van der Waals surface area contributed by atoms with Crippen LogP contribution in [0.3, 0.4) is 0 Å². The van der Waals surface area contributed by atoms with Crippen LogP contribution < -0.4 is 5.32 Å². The van der Waals surface area contributed by atoms with E-state index in [1.165, 1.54) is 12.0 Å². The van der Waals surface area contributed by atoms with Gasteiger partial charge in [0.15, 0.2) is 0 Å². The topological polar surface area (TPSA) is 24.9 Å². The van der Waals surface area contributed by atoms with Crippen LogP contribution in [0.25, 0.3) is 0 Å². The Morgan fingerprint density at radius 1 is 1.50 bits per heavy atom. The molecule has 2 nitrogen and oxygen atoms in total. The van der Waals surface area contributed by atoms with Gasteiger partial charge in [-0.15, -0.1) is 0 Å². The summed E-state index contributed by atoms with van der Waals surface area (Å²) in [6.07, 6.45) is 3.09. The third-order valence-electron chi connectivity index (χ3n) is 2.28. The molecule has 0 radical (unpaired) electrons. The van der Waals surface area contributed by atoms with E-state index in [2.05, 4.69) is 16.4 Å². The SMILES string of the molecule is Clc1ccc([C@H]2CCNC2)cn1. The Balaban J connectivity index is 2.17. The number of aromatic nitrogens is 1. The van der Waals surface area contributed by atoms with E-state index in [-0.39, 0.29) is 0 Å². The van der Waals surface area contributed by atoms with Crippen LogP contribution in [0.2, 0.25) is 5.15 Å². The average Bonchev–Trinajstić information content (AvgIpc) is 2.58. The maximum atomic E-state index is 5.69. The van der Waals surface area contributed by atoms with Crippen molar-refractivity contribution in [1.29, 1.82) is 0 Å². The summed E-state index contributed by atoms with van der Waals surface area (Å²) in [6.45, 7) is 2.19. The summed E-state index contributed by atoms with van der Waals surface area (Å²) in [7, 11) is 0. The third-order valence-corrected chi connectivity index (χ3v) is 2.51. The summed E-state index contributed by atoms with van der Waals surface area (Å²) in [6, 6.07) is 3.92. The van der Waals surface area contributed by atoms with Crippen molar-refractivity contribution in [2.75, 3.05) is 13.1 Å². The first kappa shape index (κ1) is 8.02. The number of nitrogens with zero attached hydrogens (tertiary/aromatic N) is 1. The Bertz CT molecular complexity index is 252. The minimum Gasteiger partial charge on any atom is -0.316 e. The molecule has 12 heavy (non-hydrogen) atoms. The summed E-state index contributed by atoms with van der Waals surface area (Å²) in [5, 5.41) is 3.90. The van der Waals surface area contributed by atoms with E-state index >= 15 is 0 Å². The largest absolute Gasteiger partial charge is 0.316 e. The Morgan fingerprint density at radius 3 is 3.00 bits per heavy atom. The molecule has 0 bridgehead atoms. The highest BCUT2D eigenvalue weighted by Crippen LogP contribution is 2.21. The van der Waals surface area contributed by atoms with Gasteiger partial charge in [-0.1, -0.05) is 17.7 Å². The lowest BCUT2D eigenvalue weighted by atomic mass is 10.0. The summed E-state index contributed by atoms with van der Waals surface area (Å²) < 4.78 is 0. The smallest absolute Gasteiger partial charge is 0.129 e. The number of hydrogen-bond donors (Lipinski definition) is 1. The van der Waals surface area contributed by atoms with Crippen molar-refractivity contribution < 1.29 is 0 Å². The molecule has 2 heterocycles. The Hall–Kier alpha value is -0.600. The highest BCUT2D eigenvalue weighted by molar-refractivity contribution is 6.29. The molecule has 1 aliphatic heterocycles. The van der Waals surface area contributed by atoms with Crippen molar-refractivity contribution in [3.63, 3.8) is 0 Å². The molecule has 0 unspecified atom stereocenters. The first-order valence-electron chi connectivity index (χ1n) is 4.18. The van der Waals surface area contributed by atoms with Crippen LogP contribution in [-0.2, 0) is 0 Å². The molecule has 1 aromatic heterocycles. The molecule has 1 N–H and O–H groups in total. The average molecular weight is 183 g/mol. The fraction of sp³-hybridized carbons (Fsp3) is 0.444. The molecular formula is C9H11ClN2. The van der Waals surface area contributed by atoms with Crippen molar-refractivity contribution in [3.05, 3.63) is 29.0 Å². The van der Waals surface area contributed by atoms with Crippen LogP contribution in [0.5, 0.6) is 0 Å². The summed E-state index contributed by atoms with van der Waals surface area (Å²) >= 11 is 5.69. The zero-order valence-corrected chi connectivity index (χ0v) is 7.51. The van der Waals surface area contributed by atoms with Gasteiger partial charge in [-0.3, -0.25) is 0 Å². The molecule has 0 aromatic carbocycles. The van der Waals surface area contributed by atoms with Crippen molar-refractivity contribution in [1.82, 2.24) is 10.3 Å². The molecule has 1 atom stereocenters. The van der Waals surface area contributed by atoms with Crippen molar-refractivity contribution >= 4 is 11.6 Å². The Labute approximate surface area is 77.0 Å². The van der Waals surface area contributed by atoms with Gasteiger partial charge in [0.2, 0.25) is 0 Å². The lowest BCUT2D eigenvalue weighted by Crippen LogP contribution is -2.07. The zero-order chi connectivity index (χ0) is 8.39. The third kappa shape index (κ3) is 1.59. The second-order valence-corrected chi connectivity index (χ2v) is 3.49. The molecule has 0 amide bonds. The second kappa shape index (κ2) is 3.42. The molecule has 64 valence electrons. The van der Waals surface area contributed by atoms with Crippen LogP contribution in [0.1, 0.15) is 17.9 Å². The summed E-state index contributed by atoms with van der Waals surface area (Å²) in [5.41, 5.74) is 1.30. The van der Waals surface area contributed by atoms with Gasteiger partial charge in [0.25, 0.3) is 0 Å². The molecule has 1 aromatic rings. The van der Waals surface area contributed by atoms with Gasteiger partial charge in [-0.25, -0.2) is 4.98 Å². The molecule has 1 saturated heterocycles. The molecule has 0 aliphatic carbocycles. The maximum absolute atomic E-state index is 5.69. The van der Waals surface area contributed by atoms with E-state index in [1.54, 1.807) is 0 Å². The minimum absolute atomic E-state index is 0.574. The van der Waals surface area contributed by atoms with Gasteiger partial charge in [-0.2, -0.15) is 0 Å². The van der Waals surface area contributed by atoms with Gasteiger partial charge >= 0.3 is 0 Å². The monoisotopic (exact) mass is 182 g/mol. The van der Waals surface area contributed by atoms with E-state index in [4.69, 9.17) is 11.6 Å². The first-order chi connectivity index (χ1) is 5.86. The molecule has 0 spiro atoms. The predicted octanol–water partition coefficient (Wildman–Crippen LogP) is 1.81. The van der Waals surface area contributed by atoms with Crippen molar-refractivity contribution in [2.45, 2.75) is 12.3 Å². The molecular weight excluding hydrogens is 172 g/mol. The van der Waals surface area contributed by atoms with Gasteiger partial charge in [0.1, 0.15) is 5.15 Å². The van der Waals surface area contributed by atoms with Crippen LogP contribution in [0, 0.1) is 0 Å². The van der Waals surface area contributed by atoms with Crippen molar-refractivity contribution in [3.8, 4) is 0 Å². The normalized spacial score (nSPS) is 22.9. The van der Waals surface area contributed by atoms with E-state index in [0.29, 0.717) is 11.1 Å². The van der Waals surface area contributed by atoms with E-state index in [9.17, 15) is 0 Å². The van der Waals surface area contributed by atoms with E-state index < -0.39 is 0 Å². The van der Waals surface area contributed by atoms with Crippen LogP contribution in [0.4, 0.5) is 0 Å². The van der Waals surface area contributed by atoms with E-state index in [1.807, 2.05) is 12.3 Å². The van der Waals surface area contributed by atoms with E-state index in [0.717, 1.165) is 13.1 Å². The minimum atomic E-state index is 0.574. The number of hydrogen-bond acceptors (Lipinski definition) is 2. The van der Waals surface area contributed by atoms with Gasteiger partial charge in [-0.05, 0) is 30.5 Å².